The number of rotatable bonds is 0. The Balaban J connectivity index is 2.00. The molecule has 1 fully saturated rings. The van der Waals surface area contributed by atoms with Gasteiger partial charge in [0, 0.05) is 12.6 Å². The van der Waals surface area contributed by atoms with Gasteiger partial charge in [-0.25, -0.2) is 15.0 Å². The molecule has 110 valence electrons. The van der Waals surface area contributed by atoms with Crippen LogP contribution in [0.25, 0.3) is 10.9 Å². The molecule has 6 heteroatoms. The van der Waals surface area contributed by atoms with E-state index in [1.54, 1.807) is 0 Å². The molecule has 2 aromatic rings. The highest BCUT2D eigenvalue weighted by molar-refractivity contribution is 5.93. The number of aryl methyl sites for hydroxylation is 2. The van der Waals surface area contributed by atoms with E-state index in [4.69, 9.17) is 5.73 Å². The molecule has 4 rings (SSSR count). The smallest absolute Gasteiger partial charge is 0.142 e. The number of aliphatic hydroxyl groups is 1. The molecule has 0 aromatic carbocycles. The van der Waals surface area contributed by atoms with Crippen LogP contribution in [0.2, 0.25) is 0 Å². The molecule has 2 unspecified atom stereocenters. The van der Waals surface area contributed by atoms with Gasteiger partial charge in [0.05, 0.1) is 28.7 Å². The lowest BCUT2D eigenvalue weighted by atomic mass is 9.95. The highest BCUT2D eigenvalue weighted by Gasteiger charge is 2.35. The molecule has 0 amide bonds. The van der Waals surface area contributed by atoms with Crippen LogP contribution in [0.15, 0.2) is 6.07 Å². The summed E-state index contributed by atoms with van der Waals surface area (Å²) in [5.41, 5.74) is 7.74. The van der Waals surface area contributed by atoms with Crippen LogP contribution in [-0.4, -0.2) is 38.7 Å². The Morgan fingerprint density at radius 3 is 3.00 bits per heavy atom. The van der Waals surface area contributed by atoms with Crippen LogP contribution in [0.4, 0.5) is 11.6 Å². The topological polar surface area (TPSA) is 88.2 Å². The summed E-state index contributed by atoms with van der Waals surface area (Å²) in [6.07, 6.45) is 3.23. The maximum Gasteiger partial charge on any atom is 0.142 e. The molecule has 0 bridgehead atoms. The van der Waals surface area contributed by atoms with Crippen LogP contribution >= 0.6 is 0 Å². The first-order chi connectivity index (χ1) is 10.1. The minimum Gasteiger partial charge on any atom is -0.391 e. The van der Waals surface area contributed by atoms with Crippen molar-refractivity contribution < 1.29 is 5.11 Å². The van der Waals surface area contributed by atoms with Gasteiger partial charge in [0.2, 0.25) is 0 Å². The first kappa shape index (κ1) is 12.8. The number of piperidine rings is 1. The van der Waals surface area contributed by atoms with E-state index in [1.807, 2.05) is 13.0 Å². The number of pyridine rings is 1. The molecule has 2 atom stereocenters. The Morgan fingerprint density at radius 2 is 2.14 bits per heavy atom. The van der Waals surface area contributed by atoms with Gasteiger partial charge < -0.3 is 15.7 Å². The molecule has 21 heavy (non-hydrogen) atoms. The number of fused-ring (bicyclic) bond motifs is 2. The van der Waals surface area contributed by atoms with Crippen LogP contribution in [0.5, 0.6) is 0 Å². The second kappa shape index (κ2) is 4.53. The molecule has 3 N–H and O–H groups in total. The lowest BCUT2D eigenvalue weighted by Gasteiger charge is -2.39. The predicted molar refractivity (Wildman–Crippen MR) is 81.2 cm³/mol. The van der Waals surface area contributed by atoms with Gasteiger partial charge in [-0.2, -0.15) is 0 Å². The Kier molecular flexibility index (Phi) is 2.75. The third kappa shape index (κ3) is 1.93. The third-order valence-corrected chi connectivity index (χ3v) is 4.56. The van der Waals surface area contributed by atoms with Crippen molar-refractivity contribution in [1.29, 1.82) is 0 Å². The standard InChI is InChI=1S/C15H19N5O/c1-8-17-10-7-13(16)19-9-4-5-11-12(21)3-2-6-20(11)15(18-8)14(9)10/h7,11-12,21H,2-6H2,1H3,(H2,16,19). The number of hydrogen-bond donors (Lipinski definition) is 2. The van der Waals surface area contributed by atoms with Crippen molar-refractivity contribution in [3.63, 3.8) is 0 Å². The first-order valence-corrected chi connectivity index (χ1v) is 7.52. The highest BCUT2D eigenvalue weighted by Crippen LogP contribution is 2.36. The van der Waals surface area contributed by atoms with E-state index in [2.05, 4.69) is 19.9 Å². The normalized spacial score (nSPS) is 24.8. The van der Waals surface area contributed by atoms with Gasteiger partial charge in [-0.15, -0.1) is 0 Å². The maximum atomic E-state index is 10.4. The zero-order valence-corrected chi connectivity index (χ0v) is 12.1. The lowest BCUT2D eigenvalue weighted by molar-refractivity contribution is 0.109. The second-order valence-corrected chi connectivity index (χ2v) is 5.99. The Labute approximate surface area is 123 Å². The van der Waals surface area contributed by atoms with Gasteiger partial charge in [0.15, 0.2) is 0 Å². The summed E-state index contributed by atoms with van der Waals surface area (Å²) in [6.45, 7) is 2.82. The van der Waals surface area contributed by atoms with Gasteiger partial charge in [-0.05, 0) is 32.6 Å². The van der Waals surface area contributed by atoms with Crippen molar-refractivity contribution in [2.45, 2.75) is 44.8 Å². The Bertz CT molecular complexity index is 712. The molecule has 2 aliphatic rings. The summed E-state index contributed by atoms with van der Waals surface area (Å²) < 4.78 is 0. The van der Waals surface area contributed by atoms with E-state index in [0.29, 0.717) is 5.82 Å². The van der Waals surface area contributed by atoms with E-state index >= 15 is 0 Å². The van der Waals surface area contributed by atoms with E-state index in [0.717, 1.165) is 60.5 Å². The van der Waals surface area contributed by atoms with E-state index in [-0.39, 0.29) is 12.1 Å². The van der Waals surface area contributed by atoms with Crippen LogP contribution < -0.4 is 10.6 Å². The number of nitrogens with two attached hydrogens (primary N) is 1. The summed E-state index contributed by atoms with van der Waals surface area (Å²) in [7, 11) is 0. The minimum absolute atomic E-state index is 0.117. The fourth-order valence-electron chi connectivity index (χ4n) is 3.67. The Hall–Kier alpha value is -1.95. The number of nitrogen functional groups attached to an aromatic ring is 1. The van der Waals surface area contributed by atoms with Gasteiger partial charge >= 0.3 is 0 Å². The summed E-state index contributed by atoms with van der Waals surface area (Å²) in [5, 5.41) is 11.4. The quantitative estimate of drug-likeness (QED) is 0.756. The molecule has 0 aliphatic carbocycles. The molecular weight excluding hydrogens is 266 g/mol. The summed E-state index contributed by atoms with van der Waals surface area (Å²) >= 11 is 0. The molecule has 4 heterocycles. The Morgan fingerprint density at radius 1 is 1.29 bits per heavy atom. The minimum atomic E-state index is -0.296. The maximum absolute atomic E-state index is 10.4. The molecule has 2 aromatic heterocycles. The SMILES string of the molecule is Cc1nc2c3c(nc(N)cc3n1)CCC1C(O)CCCN21. The van der Waals surface area contributed by atoms with Crippen molar-refractivity contribution >= 4 is 22.5 Å². The molecule has 0 spiro atoms. The zero-order chi connectivity index (χ0) is 14.6. The fraction of sp³-hybridized carbons (Fsp3) is 0.533. The summed E-state index contributed by atoms with van der Waals surface area (Å²) in [5.74, 6) is 2.15. The average Bonchev–Trinajstić information content (AvgIpc) is 2.58. The summed E-state index contributed by atoms with van der Waals surface area (Å²) in [4.78, 5) is 15.9. The molecule has 6 nitrogen and oxygen atoms in total. The number of hydrogen-bond acceptors (Lipinski definition) is 6. The highest BCUT2D eigenvalue weighted by atomic mass is 16.3. The van der Waals surface area contributed by atoms with E-state index in [1.165, 1.54) is 0 Å². The van der Waals surface area contributed by atoms with Crippen LogP contribution in [0.3, 0.4) is 0 Å². The van der Waals surface area contributed by atoms with Crippen LogP contribution in [0, 0.1) is 6.92 Å². The van der Waals surface area contributed by atoms with Crippen molar-refractivity contribution in [3.8, 4) is 0 Å². The van der Waals surface area contributed by atoms with Crippen molar-refractivity contribution in [2.75, 3.05) is 17.2 Å². The largest absolute Gasteiger partial charge is 0.391 e. The average molecular weight is 285 g/mol. The fourth-order valence-corrected chi connectivity index (χ4v) is 3.67. The second-order valence-electron chi connectivity index (χ2n) is 5.99. The van der Waals surface area contributed by atoms with Crippen LogP contribution in [0.1, 0.15) is 30.8 Å². The first-order valence-electron chi connectivity index (χ1n) is 7.52. The van der Waals surface area contributed by atoms with E-state index in [9.17, 15) is 5.11 Å². The van der Waals surface area contributed by atoms with E-state index < -0.39 is 0 Å². The number of nitrogens with zero attached hydrogens (tertiary/aromatic N) is 4. The molecule has 1 saturated heterocycles. The number of aliphatic hydroxyl groups excluding tert-OH is 1. The molecular formula is C15H19N5O. The van der Waals surface area contributed by atoms with Crippen molar-refractivity contribution in [3.05, 3.63) is 17.6 Å². The van der Waals surface area contributed by atoms with Gasteiger partial charge in [-0.3, -0.25) is 0 Å². The molecule has 0 radical (unpaired) electrons. The third-order valence-electron chi connectivity index (χ3n) is 4.56. The van der Waals surface area contributed by atoms with Gasteiger partial charge in [0.25, 0.3) is 0 Å². The lowest BCUT2D eigenvalue weighted by Crippen LogP contribution is -2.48. The van der Waals surface area contributed by atoms with Gasteiger partial charge in [-0.1, -0.05) is 0 Å². The monoisotopic (exact) mass is 285 g/mol. The molecule has 0 saturated carbocycles. The number of anilines is 2. The van der Waals surface area contributed by atoms with Crippen molar-refractivity contribution in [2.24, 2.45) is 0 Å². The van der Waals surface area contributed by atoms with Gasteiger partial charge in [0.1, 0.15) is 17.5 Å². The van der Waals surface area contributed by atoms with Crippen LogP contribution in [-0.2, 0) is 6.42 Å². The summed E-state index contributed by atoms with van der Waals surface area (Å²) in [6, 6.07) is 1.93. The zero-order valence-electron chi connectivity index (χ0n) is 12.1. The van der Waals surface area contributed by atoms with Crippen molar-refractivity contribution in [1.82, 2.24) is 15.0 Å². The number of aromatic nitrogens is 3. The molecule has 2 aliphatic heterocycles. The predicted octanol–water partition coefficient (Wildman–Crippen LogP) is 1.19.